The van der Waals surface area contributed by atoms with Crippen molar-refractivity contribution in [1.82, 2.24) is 4.72 Å². The topological polar surface area (TPSA) is 93.7 Å². The Labute approximate surface area is 161 Å². The fourth-order valence-corrected chi connectivity index (χ4v) is 3.35. The Bertz CT molecular complexity index is 919. The summed E-state index contributed by atoms with van der Waals surface area (Å²) in [7, 11) is -1.10. The molecule has 0 saturated heterocycles. The predicted octanol–water partition coefficient (Wildman–Crippen LogP) is 2.93. The number of amides is 1. The molecule has 0 aromatic heterocycles. The molecule has 7 nitrogen and oxygen atoms in total. The first-order valence-electron chi connectivity index (χ1n) is 7.23. The Morgan fingerprint density at radius 3 is 2.38 bits per heavy atom. The summed E-state index contributed by atoms with van der Waals surface area (Å²) < 4.78 is 37.0. The first kappa shape index (κ1) is 20.3. The highest BCUT2D eigenvalue weighted by Gasteiger charge is 2.18. The maximum Gasteiger partial charge on any atom is 0.241 e. The number of carbonyl (C=O) groups is 1. The van der Waals surface area contributed by atoms with Gasteiger partial charge in [-0.1, -0.05) is 23.2 Å². The second kappa shape index (κ2) is 8.59. The molecule has 0 fully saturated rings. The van der Waals surface area contributed by atoms with Crippen LogP contribution in [-0.4, -0.2) is 35.1 Å². The molecule has 26 heavy (non-hydrogen) atoms. The molecule has 1 amide bonds. The number of anilines is 1. The molecule has 0 saturated carbocycles. The van der Waals surface area contributed by atoms with Gasteiger partial charge in [0.25, 0.3) is 0 Å². The van der Waals surface area contributed by atoms with Gasteiger partial charge in [0.15, 0.2) is 11.5 Å². The highest BCUT2D eigenvalue weighted by molar-refractivity contribution is 7.89. The van der Waals surface area contributed by atoms with Crippen molar-refractivity contribution in [1.29, 1.82) is 0 Å². The van der Waals surface area contributed by atoms with Gasteiger partial charge in [-0.05, 0) is 30.3 Å². The van der Waals surface area contributed by atoms with Crippen molar-refractivity contribution in [2.45, 2.75) is 4.90 Å². The number of halogens is 2. The highest BCUT2D eigenvalue weighted by Crippen LogP contribution is 2.29. The van der Waals surface area contributed by atoms with Gasteiger partial charge in [-0.2, -0.15) is 0 Å². The molecule has 0 spiro atoms. The molecule has 0 radical (unpaired) electrons. The van der Waals surface area contributed by atoms with E-state index in [1.54, 1.807) is 6.07 Å². The van der Waals surface area contributed by atoms with Gasteiger partial charge in [0, 0.05) is 11.1 Å². The van der Waals surface area contributed by atoms with Crippen molar-refractivity contribution in [2.24, 2.45) is 0 Å². The van der Waals surface area contributed by atoms with E-state index in [0.29, 0.717) is 10.8 Å². The van der Waals surface area contributed by atoms with E-state index in [1.165, 1.54) is 44.6 Å². The standard InChI is InChI=1S/C16H16Cl2N2O5S/c1-24-14-6-4-11(8-15(14)25-2)26(22,23)19-9-16(21)20-13-7-10(17)3-5-12(13)18/h3-8,19H,9H2,1-2H3,(H,20,21). The average molecular weight is 419 g/mol. The normalized spacial score (nSPS) is 11.1. The van der Waals surface area contributed by atoms with Crippen LogP contribution in [0, 0.1) is 0 Å². The summed E-state index contributed by atoms with van der Waals surface area (Å²) in [5.41, 5.74) is 0.287. The number of methoxy groups -OCH3 is 2. The molecule has 2 aromatic carbocycles. The summed E-state index contributed by atoms with van der Waals surface area (Å²) in [5, 5.41) is 3.16. The molecule has 140 valence electrons. The van der Waals surface area contributed by atoms with E-state index in [4.69, 9.17) is 32.7 Å². The highest BCUT2D eigenvalue weighted by atomic mass is 35.5. The van der Waals surface area contributed by atoms with Crippen LogP contribution in [0.15, 0.2) is 41.3 Å². The number of hydrogen-bond acceptors (Lipinski definition) is 5. The van der Waals surface area contributed by atoms with E-state index in [9.17, 15) is 13.2 Å². The van der Waals surface area contributed by atoms with Crippen LogP contribution in [0.3, 0.4) is 0 Å². The Hall–Kier alpha value is -2.00. The Kier molecular flexibility index (Phi) is 6.71. The van der Waals surface area contributed by atoms with Gasteiger partial charge in [-0.25, -0.2) is 13.1 Å². The number of hydrogen-bond donors (Lipinski definition) is 2. The van der Waals surface area contributed by atoms with Gasteiger partial charge in [-0.3, -0.25) is 4.79 Å². The number of carbonyl (C=O) groups excluding carboxylic acids is 1. The molecular formula is C16H16Cl2N2O5S. The number of benzene rings is 2. The molecule has 0 aliphatic heterocycles. The van der Waals surface area contributed by atoms with E-state index in [-0.39, 0.29) is 21.4 Å². The quantitative estimate of drug-likeness (QED) is 0.720. The third kappa shape index (κ3) is 5.01. The summed E-state index contributed by atoms with van der Waals surface area (Å²) in [6, 6.07) is 8.65. The molecule has 2 rings (SSSR count). The molecule has 0 bridgehead atoms. The summed E-state index contributed by atoms with van der Waals surface area (Å²) in [6.07, 6.45) is 0. The van der Waals surface area contributed by atoms with Gasteiger partial charge in [0.2, 0.25) is 15.9 Å². The van der Waals surface area contributed by atoms with Gasteiger partial charge >= 0.3 is 0 Å². The van der Waals surface area contributed by atoms with Crippen LogP contribution in [0.25, 0.3) is 0 Å². The first-order valence-corrected chi connectivity index (χ1v) is 9.47. The largest absolute Gasteiger partial charge is 0.493 e. The second-order valence-electron chi connectivity index (χ2n) is 5.01. The Balaban J connectivity index is 2.08. The Morgan fingerprint density at radius 2 is 1.73 bits per heavy atom. The molecule has 0 aliphatic carbocycles. The van der Waals surface area contributed by atoms with Crippen LogP contribution in [0.5, 0.6) is 11.5 Å². The lowest BCUT2D eigenvalue weighted by molar-refractivity contribution is -0.115. The number of rotatable bonds is 7. The zero-order chi connectivity index (χ0) is 19.3. The third-order valence-corrected chi connectivity index (χ3v) is 5.25. The fraction of sp³-hybridized carbons (Fsp3) is 0.188. The maximum atomic E-state index is 12.3. The summed E-state index contributed by atoms with van der Waals surface area (Å²) >= 11 is 11.8. The predicted molar refractivity (Wildman–Crippen MR) is 99.8 cm³/mol. The fourth-order valence-electron chi connectivity index (χ4n) is 2.02. The van der Waals surface area contributed by atoms with Gasteiger partial charge in [-0.15, -0.1) is 0 Å². The lowest BCUT2D eigenvalue weighted by Crippen LogP contribution is -2.33. The number of nitrogens with one attached hydrogen (secondary N) is 2. The summed E-state index contributed by atoms with van der Waals surface area (Å²) in [4.78, 5) is 11.9. The second-order valence-corrected chi connectivity index (χ2v) is 7.62. The molecule has 2 N–H and O–H groups in total. The van der Waals surface area contributed by atoms with Crippen molar-refractivity contribution < 1.29 is 22.7 Å². The van der Waals surface area contributed by atoms with E-state index in [2.05, 4.69) is 10.0 Å². The van der Waals surface area contributed by atoms with Gasteiger partial charge in [0.05, 0.1) is 36.4 Å². The van der Waals surface area contributed by atoms with E-state index < -0.39 is 22.5 Å². The van der Waals surface area contributed by atoms with E-state index >= 15 is 0 Å². The SMILES string of the molecule is COc1ccc(S(=O)(=O)NCC(=O)Nc2cc(Cl)ccc2Cl)cc1OC. The summed E-state index contributed by atoms with van der Waals surface area (Å²) in [5.74, 6) is 0.0449. The minimum absolute atomic E-state index is 0.0660. The third-order valence-electron chi connectivity index (χ3n) is 3.29. The zero-order valence-electron chi connectivity index (χ0n) is 13.9. The van der Waals surface area contributed by atoms with E-state index in [1.807, 2.05) is 0 Å². The molecule has 2 aromatic rings. The van der Waals surface area contributed by atoms with Crippen LogP contribution in [0.2, 0.25) is 10.0 Å². The first-order chi connectivity index (χ1) is 12.3. The van der Waals surface area contributed by atoms with Gasteiger partial charge in [0.1, 0.15) is 0 Å². The smallest absolute Gasteiger partial charge is 0.241 e. The number of ether oxygens (including phenoxy) is 2. The Morgan fingerprint density at radius 1 is 1.04 bits per heavy atom. The van der Waals surface area contributed by atoms with Crippen LogP contribution in [0.1, 0.15) is 0 Å². The van der Waals surface area contributed by atoms with Crippen molar-refractivity contribution >= 4 is 44.8 Å². The van der Waals surface area contributed by atoms with Crippen LogP contribution >= 0.6 is 23.2 Å². The molecular weight excluding hydrogens is 403 g/mol. The molecule has 0 heterocycles. The molecule has 0 unspecified atom stereocenters. The summed E-state index contributed by atoms with van der Waals surface area (Å²) in [6.45, 7) is -0.487. The van der Waals surface area contributed by atoms with E-state index in [0.717, 1.165) is 0 Å². The minimum Gasteiger partial charge on any atom is -0.493 e. The van der Waals surface area contributed by atoms with Gasteiger partial charge < -0.3 is 14.8 Å². The van der Waals surface area contributed by atoms with Crippen LogP contribution in [0.4, 0.5) is 5.69 Å². The molecule has 0 atom stereocenters. The average Bonchev–Trinajstić information content (AvgIpc) is 2.62. The van der Waals surface area contributed by atoms with Crippen molar-refractivity contribution in [3.05, 3.63) is 46.4 Å². The monoisotopic (exact) mass is 418 g/mol. The lowest BCUT2D eigenvalue weighted by atomic mass is 10.3. The van der Waals surface area contributed by atoms with Crippen LogP contribution in [-0.2, 0) is 14.8 Å². The molecule has 10 heteroatoms. The minimum atomic E-state index is -3.93. The molecule has 0 aliphatic rings. The maximum absolute atomic E-state index is 12.3. The number of sulfonamides is 1. The van der Waals surface area contributed by atoms with Crippen molar-refractivity contribution in [3.63, 3.8) is 0 Å². The van der Waals surface area contributed by atoms with Crippen LogP contribution < -0.4 is 19.5 Å². The van der Waals surface area contributed by atoms with Crippen molar-refractivity contribution in [3.8, 4) is 11.5 Å². The lowest BCUT2D eigenvalue weighted by Gasteiger charge is -2.11. The van der Waals surface area contributed by atoms with Crippen molar-refractivity contribution in [2.75, 3.05) is 26.1 Å². The zero-order valence-corrected chi connectivity index (χ0v) is 16.2.